The number of sulfonamides is 1. The van der Waals surface area contributed by atoms with Crippen molar-refractivity contribution in [2.45, 2.75) is 38.6 Å². The van der Waals surface area contributed by atoms with Crippen LogP contribution in [0, 0.1) is 5.92 Å². The lowest BCUT2D eigenvalue weighted by atomic mass is 10.1. The zero-order valence-corrected chi connectivity index (χ0v) is 13.7. The summed E-state index contributed by atoms with van der Waals surface area (Å²) in [4.78, 5) is 4.30. The molecular formula is C12H18N6O2S2. The summed E-state index contributed by atoms with van der Waals surface area (Å²) in [7, 11) is -3.24. The van der Waals surface area contributed by atoms with Crippen molar-refractivity contribution in [2.75, 3.05) is 5.75 Å². The Morgan fingerprint density at radius 2 is 2.18 bits per heavy atom. The Labute approximate surface area is 132 Å². The van der Waals surface area contributed by atoms with Gasteiger partial charge in [-0.25, -0.2) is 18.1 Å². The van der Waals surface area contributed by atoms with E-state index in [4.69, 9.17) is 0 Å². The number of hydrogen-bond donors (Lipinski definition) is 2. The largest absolute Gasteiger partial charge is 0.236 e. The van der Waals surface area contributed by atoms with E-state index >= 15 is 0 Å². The van der Waals surface area contributed by atoms with Crippen LogP contribution in [0.2, 0.25) is 0 Å². The van der Waals surface area contributed by atoms with E-state index in [1.165, 1.54) is 24.2 Å². The third-order valence-corrected chi connectivity index (χ3v) is 6.05. The lowest BCUT2D eigenvalue weighted by molar-refractivity contribution is 0.517. The molecule has 1 saturated carbocycles. The fraction of sp³-hybridized carbons (Fsp3) is 0.667. The van der Waals surface area contributed by atoms with E-state index in [9.17, 15) is 8.42 Å². The Bertz CT molecular complexity index is 691. The average Bonchev–Trinajstić information content (AvgIpc) is 3.24. The monoisotopic (exact) mass is 342 g/mol. The molecule has 0 aliphatic heterocycles. The molecule has 1 aliphatic carbocycles. The summed E-state index contributed by atoms with van der Waals surface area (Å²) in [6, 6.07) is 0. The van der Waals surface area contributed by atoms with Crippen LogP contribution in [0.5, 0.6) is 0 Å². The first kappa shape index (κ1) is 15.5. The lowest BCUT2D eigenvalue weighted by Gasteiger charge is -2.09. The first-order valence-electron chi connectivity index (χ1n) is 7.28. The van der Waals surface area contributed by atoms with Crippen molar-refractivity contribution in [3.05, 3.63) is 10.4 Å². The first-order valence-corrected chi connectivity index (χ1v) is 9.81. The van der Waals surface area contributed by atoms with E-state index in [1.807, 2.05) is 0 Å². The predicted molar refractivity (Wildman–Crippen MR) is 82.5 cm³/mol. The Balaban J connectivity index is 1.50. The maximum Gasteiger partial charge on any atom is 0.223 e. The average molecular weight is 342 g/mol. The first-order chi connectivity index (χ1) is 10.6. The number of thiazole rings is 1. The summed E-state index contributed by atoms with van der Waals surface area (Å²) in [5, 5.41) is 16.0. The van der Waals surface area contributed by atoms with Gasteiger partial charge in [0.15, 0.2) is 0 Å². The third-order valence-electron chi connectivity index (χ3n) is 3.84. The summed E-state index contributed by atoms with van der Waals surface area (Å²) in [6.07, 6.45) is 5.54. The molecule has 2 N–H and O–H groups in total. The quantitative estimate of drug-likeness (QED) is 0.784. The van der Waals surface area contributed by atoms with E-state index in [0.29, 0.717) is 22.4 Å². The molecule has 8 nitrogen and oxygen atoms in total. The molecule has 1 aliphatic rings. The number of nitrogens with zero attached hydrogens (tertiary/aromatic N) is 4. The zero-order valence-electron chi connectivity index (χ0n) is 12.0. The fourth-order valence-corrected chi connectivity index (χ4v) is 4.58. The van der Waals surface area contributed by atoms with Crippen LogP contribution in [0.4, 0.5) is 0 Å². The molecule has 3 rings (SSSR count). The van der Waals surface area contributed by atoms with Gasteiger partial charge in [-0.15, -0.1) is 21.5 Å². The molecule has 2 aromatic heterocycles. The second kappa shape index (κ2) is 6.80. The molecular weight excluding hydrogens is 324 g/mol. The molecule has 0 amide bonds. The molecule has 120 valence electrons. The number of rotatable bonds is 7. The standard InChI is InChI=1S/C12H18N6O2S2/c19-22(20,6-5-9-3-1-2-4-9)13-7-11-14-10(8-21-11)12-15-17-18-16-12/h8-9,13H,1-7H2,(H,15,16,17,18). The van der Waals surface area contributed by atoms with Gasteiger partial charge in [0.2, 0.25) is 15.8 Å². The van der Waals surface area contributed by atoms with Gasteiger partial charge in [0.1, 0.15) is 10.7 Å². The van der Waals surface area contributed by atoms with Crippen LogP contribution >= 0.6 is 11.3 Å². The molecule has 10 heteroatoms. The topological polar surface area (TPSA) is 114 Å². The number of hydrogen-bond acceptors (Lipinski definition) is 7. The minimum atomic E-state index is -3.24. The van der Waals surface area contributed by atoms with Gasteiger partial charge in [0, 0.05) is 5.38 Å². The highest BCUT2D eigenvalue weighted by atomic mass is 32.2. The number of aromatic amines is 1. The molecule has 2 aromatic rings. The van der Waals surface area contributed by atoms with Crippen LogP contribution in [0.25, 0.3) is 11.5 Å². The van der Waals surface area contributed by atoms with E-state index in [1.54, 1.807) is 5.38 Å². The highest BCUT2D eigenvalue weighted by molar-refractivity contribution is 7.89. The molecule has 0 spiro atoms. The predicted octanol–water partition coefficient (Wildman–Crippen LogP) is 1.32. The Kier molecular flexibility index (Phi) is 4.79. The SMILES string of the molecule is O=S(=O)(CCC1CCCC1)NCc1nc(-c2nn[nH]n2)cs1. The van der Waals surface area contributed by atoms with Crippen LogP contribution in [0.15, 0.2) is 5.38 Å². The Hall–Kier alpha value is -1.39. The Morgan fingerprint density at radius 3 is 2.91 bits per heavy atom. The molecule has 0 atom stereocenters. The molecule has 0 bridgehead atoms. The van der Waals surface area contributed by atoms with E-state index in [-0.39, 0.29) is 12.3 Å². The second-order valence-electron chi connectivity index (χ2n) is 5.44. The lowest BCUT2D eigenvalue weighted by Crippen LogP contribution is -2.26. The van der Waals surface area contributed by atoms with Gasteiger partial charge in [-0.05, 0) is 17.6 Å². The minimum absolute atomic E-state index is 0.195. The summed E-state index contributed by atoms with van der Waals surface area (Å²) >= 11 is 1.37. The van der Waals surface area contributed by atoms with Crippen molar-refractivity contribution in [1.82, 2.24) is 30.3 Å². The van der Waals surface area contributed by atoms with Crippen molar-refractivity contribution in [3.8, 4) is 11.5 Å². The minimum Gasteiger partial charge on any atom is -0.236 e. The van der Waals surface area contributed by atoms with Crippen LogP contribution in [0.3, 0.4) is 0 Å². The highest BCUT2D eigenvalue weighted by Gasteiger charge is 2.19. The van der Waals surface area contributed by atoms with Crippen LogP contribution in [-0.2, 0) is 16.6 Å². The second-order valence-corrected chi connectivity index (χ2v) is 8.31. The molecule has 2 heterocycles. The zero-order chi connectivity index (χ0) is 15.4. The summed E-state index contributed by atoms with van der Waals surface area (Å²) < 4.78 is 26.7. The van der Waals surface area contributed by atoms with Crippen molar-refractivity contribution in [2.24, 2.45) is 5.92 Å². The van der Waals surface area contributed by atoms with Crippen molar-refractivity contribution in [1.29, 1.82) is 0 Å². The van der Waals surface area contributed by atoms with Crippen LogP contribution in [-0.4, -0.2) is 39.8 Å². The van der Waals surface area contributed by atoms with Crippen molar-refractivity contribution >= 4 is 21.4 Å². The number of aromatic nitrogens is 5. The maximum absolute atomic E-state index is 12.0. The summed E-state index contributed by atoms with van der Waals surface area (Å²) in [5.74, 6) is 1.17. The van der Waals surface area contributed by atoms with E-state index in [2.05, 4.69) is 30.3 Å². The number of nitrogens with one attached hydrogen (secondary N) is 2. The van der Waals surface area contributed by atoms with Gasteiger partial charge in [-0.1, -0.05) is 25.7 Å². The third kappa shape index (κ3) is 4.08. The van der Waals surface area contributed by atoms with Crippen molar-refractivity contribution < 1.29 is 8.42 Å². The van der Waals surface area contributed by atoms with E-state index < -0.39 is 10.0 Å². The summed E-state index contributed by atoms with van der Waals surface area (Å²) in [5.41, 5.74) is 0.596. The summed E-state index contributed by atoms with van der Waals surface area (Å²) in [6.45, 7) is 0.204. The van der Waals surface area contributed by atoms with E-state index in [0.717, 1.165) is 19.3 Å². The fourth-order valence-electron chi connectivity index (χ4n) is 2.63. The molecule has 22 heavy (non-hydrogen) atoms. The molecule has 0 saturated heterocycles. The van der Waals surface area contributed by atoms with Crippen molar-refractivity contribution in [3.63, 3.8) is 0 Å². The smallest absolute Gasteiger partial charge is 0.223 e. The Morgan fingerprint density at radius 1 is 1.36 bits per heavy atom. The molecule has 1 fully saturated rings. The normalized spacial score (nSPS) is 16.4. The van der Waals surface area contributed by atoms with Gasteiger partial charge < -0.3 is 0 Å². The van der Waals surface area contributed by atoms with Crippen LogP contribution < -0.4 is 4.72 Å². The number of H-pyrrole nitrogens is 1. The van der Waals surface area contributed by atoms with Gasteiger partial charge in [-0.2, -0.15) is 5.21 Å². The molecule has 0 radical (unpaired) electrons. The van der Waals surface area contributed by atoms with Crippen LogP contribution in [0.1, 0.15) is 37.1 Å². The maximum atomic E-state index is 12.0. The van der Waals surface area contributed by atoms with Gasteiger partial charge in [0.05, 0.1) is 12.3 Å². The van der Waals surface area contributed by atoms with Gasteiger partial charge in [0.25, 0.3) is 0 Å². The number of tetrazole rings is 1. The van der Waals surface area contributed by atoms with Gasteiger partial charge >= 0.3 is 0 Å². The molecule has 0 aromatic carbocycles. The van der Waals surface area contributed by atoms with Gasteiger partial charge in [-0.3, -0.25) is 0 Å². The molecule has 0 unspecified atom stereocenters. The highest BCUT2D eigenvalue weighted by Crippen LogP contribution is 2.27.